The van der Waals surface area contributed by atoms with E-state index < -0.39 is 23.9 Å². The molecule has 0 aromatic carbocycles. The molecule has 106 valence electrons. The van der Waals surface area contributed by atoms with E-state index in [-0.39, 0.29) is 5.69 Å². The van der Waals surface area contributed by atoms with Gasteiger partial charge in [0.2, 0.25) is 0 Å². The molecule has 1 unspecified atom stereocenters. The van der Waals surface area contributed by atoms with Gasteiger partial charge in [-0.3, -0.25) is 9.78 Å². The van der Waals surface area contributed by atoms with Gasteiger partial charge in [0.25, 0.3) is 5.91 Å². The van der Waals surface area contributed by atoms with Crippen molar-refractivity contribution in [1.29, 1.82) is 0 Å². The van der Waals surface area contributed by atoms with Crippen molar-refractivity contribution in [3.05, 3.63) is 42.2 Å². The summed E-state index contributed by atoms with van der Waals surface area (Å²) < 4.78 is 38.3. The lowest BCUT2D eigenvalue weighted by Gasteiger charge is -2.11. The third kappa shape index (κ3) is 2.77. The predicted octanol–water partition coefficient (Wildman–Crippen LogP) is 0.962. The van der Waals surface area contributed by atoms with Crippen LogP contribution in [-0.4, -0.2) is 31.7 Å². The first-order chi connectivity index (χ1) is 9.29. The number of hydrogen-bond donors (Lipinski definition) is 2. The Hall–Kier alpha value is -2.42. The topological polar surface area (TPSA) is 94.0 Å². The highest BCUT2D eigenvalue weighted by atomic mass is 19.4. The Morgan fingerprint density at radius 2 is 2.10 bits per heavy atom. The molecule has 2 aromatic heterocycles. The summed E-state index contributed by atoms with van der Waals surface area (Å²) in [4.78, 5) is 18.2. The Morgan fingerprint density at radius 3 is 2.70 bits per heavy atom. The van der Waals surface area contributed by atoms with Gasteiger partial charge in [-0.25, -0.2) is 4.98 Å². The number of halogens is 3. The Morgan fingerprint density at radius 1 is 1.40 bits per heavy atom. The van der Waals surface area contributed by atoms with E-state index in [0.29, 0.717) is 5.69 Å². The van der Waals surface area contributed by atoms with E-state index in [1.807, 2.05) is 0 Å². The van der Waals surface area contributed by atoms with Crippen LogP contribution in [0.2, 0.25) is 0 Å². The van der Waals surface area contributed by atoms with Crippen molar-refractivity contribution in [1.82, 2.24) is 14.5 Å². The first-order valence-electron chi connectivity index (χ1n) is 5.34. The van der Waals surface area contributed by atoms with Crippen molar-refractivity contribution in [3.8, 4) is 5.69 Å². The van der Waals surface area contributed by atoms with Crippen LogP contribution in [0.15, 0.2) is 30.9 Å². The lowest BCUT2D eigenvalue weighted by Crippen LogP contribution is -2.20. The molecule has 3 N–H and O–H groups in total. The molecule has 0 aliphatic carbocycles. The van der Waals surface area contributed by atoms with Gasteiger partial charge in [0.05, 0.1) is 17.7 Å². The molecule has 20 heavy (non-hydrogen) atoms. The molecule has 2 heterocycles. The number of carbonyl (C=O) groups excluding carboxylic acids is 1. The van der Waals surface area contributed by atoms with Crippen LogP contribution < -0.4 is 5.73 Å². The van der Waals surface area contributed by atoms with E-state index in [1.54, 1.807) is 0 Å². The molecular weight excluding hydrogens is 277 g/mol. The zero-order valence-electron chi connectivity index (χ0n) is 9.87. The summed E-state index contributed by atoms with van der Waals surface area (Å²) in [5.74, 6) is -0.762. The standard InChI is InChI=1S/C11H9F3N4O2/c12-11(13,14)9(19)8-4-18(5-17-8)6-1-2-16-7(3-6)10(15)20/h1-5,9,19H,(H2,15,20). The van der Waals surface area contributed by atoms with Crippen LogP contribution in [0.1, 0.15) is 22.3 Å². The number of aromatic nitrogens is 3. The van der Waals surface area contributed by atoms with E-state index in [4.69, 9.17) is 10.8 Å². The van der Waals surface area contributed by atoms with Crippen LogP contribution in [0.4, 0.5) is 13.2 Å². The number of rotatable bonds is 3. The number of imidazole rings is 1. The number of hydrogen-bond acceptors (Lipinski definition) is 4. The van der Waals surface area contributed by atoms with Gasteiger partial charge in [0.15, 0.2) is 6.10 Å². The second-order valence-corrected chi connectivity index (χ2v) is 3.91. The molecule has 0 fully saturated rings. The molecule has 0 radical (unpaired) electrons. The van der Waals surface area contributed by atoms with Crippen molar-refractivity contribution in [2.75, 3.05) is 0 Å². The summed E-state index contributed by atoms with van der Waals surface area (Å²) in [5, 5.41) is 9.07. The number of amides is 1. The van der Waals surface area contributed by atoms with Gasteiger partial charge in [0, 0.05) is 12.4 Å². The number of alkyl halides is 3. The summed E-state index contributed by atoms with van der Waals surface area (Å²) in [5.41, 5.74) is 4.83. The average Bonchev–Trinajstić information content (AvgIpc) is 2.86. The monoisotopic (exact) mass is 286 g/mol. The number of primary amides is 1. The van der Waals surface area contributed by atoms with Gasteiger partial charge in [-0.15, -0.1) is 0 Å². The smallest absolute Gasteiger partial charge is 0.378 e. The molecule has 9 heteroatoms. The SMILES string of the molecule is NC(=O)c1cc(-n2cnc(C(O)C(F)(F)F)c2)ccn1. The van der Waals surface area contributed by atoms with Gasteiger partial charge in [0.1, 0.15) is 5.69 Å². The summed E-state index contributed by atoms with van der Waals surface area (Å²) in [6.45, 7) is 0. The fourth-order valence-corrected chi connectivity index (χ4v) is 1.50. The molecule has 0 bridgehead atoms. The maximum absolute atomic E-state index is 12.3. The molecule has 1 atom stereocenters. The molecule has 2 rings (SSSR count). The van der Waals surface area contributed by atoms with Crippen molar-refractivity contribution < 1.29 is 23.1 Å². The third-order valence-electron chi connectivity index (χ3n) is 2.49. The average molecular weight is 286 g/mol. The van der Waals surface area contributed by atoms with E-state index in [2.05, 4.69) is 9.97 Å². The van der Waals surface area contributed by atoms with E-state index in [9.17, 15) is 18.0 Å². The van der Waals surface area contributed by atoms with Crippen molar-refractivity contribution in [2.45, 2.75) is 12.3 Å². The fourth-order valence-electron chi connectivity index (χ4n) is 1.50. The number of nitrogens with two attached hydrogens (primary N) is 1. The zero-order valence-corrected chi connectivity index (χ0v) is 9.87. The molecule has 0 saturated carbocycles. The fraction of sp³-hybridized carbons (Fsp3) is 0.182. The summed E-state index contributed by atoms with van der Waals surface area (Å²) in [6.07, 6.45) is -4.07. The summed E-state index contributed by atoms with van der Waals surface area (Å²) in [6, 6.07) is 2.76. The van der Waals surface area contributed by atoms with Crippen LogP contribution in [0.25, 0.3) is 5.69 Å². The van der Waals surface area contributed by atoms with Crippen LogP contribution in [0.5, 0.6) is 0 Å². The van der Waals surface area contributed by atoms with Crippen LogP contribution >= 0.6 is 0 Å². The Labute approximate surface area is 110 Å². The number of nitrogens with zero attached hydrogens (tertiary/aromatic N) is 3. The lowest BCUT2D eigenvalue weighted by atomic mass is 10.2. The first-order valence-corrected chi connectivity index (χ1v) is 5.34. The largest absolute Gasteiger partial charge is 0.420 e. The maximum atomic E-state index is 12.3. The molecule has 1 amide bonds. The zero-order chi connectivity index (χ0) is 14.9. The molecule has 6 nitrogen and oxygen atoms in total. The van der Waals surface area contributed by atoms with Gasteiger partial charge in [-0.2, -0.15) is 13.2 Å². The van der Waals surface area contributed by atoms with Crippen LogP contribution in [0.3, 0.4) is 0 Å². The highest BCUT2D eigenvalue weighted by molar-refractivity contribution is 5.91. The van der Waals surface area contributed by atoms with Crippen molar-refractivity contribution >= 4 is 5.91 Å². The lowest BCUT2D eigenvalue weighted by molar-refractivity contribution is -0.207. The van der Waals surface area contributed by atoms with Crippen molar-refractivity contribution in [2.24, 2.45) is 5.73 Å². The molecular formula is C11H9F3N4O2. The Kier molecular flexibility index (Phi) is 3.45. The number of aliphatic hydroxyl groups is 1. The van der Waals surface area contributed by atoms with Crippen LogP contribution in [-0.2, 0) is 0 Å². The van der Waals surface area contributed by atoms with E-state index in [1.165, 1.54) is 22.9 Å². The van der Waals surface area contributed by atoms with Gasteiger partial charge in [-0.1, -0.05) is 0 Å². The minimum absolute atomic E-state index is 0.0332. The van der Waals surface area contributed by atoms with Crippen molar-refractivity contribution in [3.63, 3.8) is 0 Å². The first kappa shape index (κ1) is 14.0. The molecule has 0 aliphatic rings. The molecule has 2 aromatic rings. The minimum atomic E-state index is -4.80. The third-order valence-corrected chi connectivity index (χ3v) is 2.49. The quantitative estimate of drug-likeness (QED) is 0.878. The Balaban J connectivity index is 2.34. The second-order valence-electron chi connectivity index (χ2n) is 3.91. The van der Waals surface area contributed by atoms with E-state index >= 15 is 0 Å². The Bertz CT molecular complexity index is 639. The molecule has 0 saturated heterocycles. The highest BCUT2D eigenvalue weighted by Crippen LogP contribution is 2.31. The minimum Gasteiger partial charge on any atom is -0.378 e. The van der Waals surface area contributed by atoms with Gasteiger partial charge >= 0.3 is 6.18 Å². The second kappa shape index (κ2) is 4.93. The van der Waals surface area contributed by atoms with Gasteiger partial charge < -0.3 is 15.4 Å². The summed E-state index contributed by atoms with van der Waals surface area (Å²) in [7, 11) is 0. The number of aliphatic hydroxyl groups excluding tert-OH is 1. The van der Waals surface area contributed by atoms with E-state index in [0.717, 1.165) is 12.5 Å². The maximum Gasteiger partial charge on any atom is 0.420 e. The predicted molar refractivity (Wildman–Crippen MR) is 60.9 cm³/mol. The number of carbonyl (C=O) groups is 1. The molecule has 0 spiro atoms. The van der Waals surface area contributed by atoms with Gasteiger partial charge in [-0.05, 0) is 12.1 Å². The van der Waals surface area contributed by atoms with Crippen LogP contribution in [0, 0.1) is 0 Å². The normalized spacial score (nSPS) is 13.2. The summed E-state index contributed by atoms with van der Waals surface area (Å²) >= 11 is 0. The molecule has 0 aliphatic heterocycles. The highest BCUT2D eigenvalue weighted by Gasteiger charge is 2.40. The number of pyridine rings is 1.